The van der Waals surface area contributed by atoms with Crippen molar-refractivity contribution in [2.45, 2.75) is 6.10 Å². The fourth-order valence-corrected chi connectivity index (χ4v) is 2.86. The third-order valence-corrected chi connectivity index (χ3v) is 4.20. The Kier molecular flexibility index (Phi) is 8.29. The predicted octanol–water partition coefficient (Wildman–Crippen LogP) is 5.26. The first kappa shape index (κ1) is 21.9. The summed E-state index contributed by atoms with van der Waals surface area (Å²) in [6, 6.07) is 17.2. The Bertz CT molecular complexity index is 961. The number of aliphatic hydroxyl groups excluding tert-OH is 1. The van der Waals surface area contributed by atoms with Crippen LogP contribution < -0.4 is 0 Å². The fraction of sp³-hybridized carbons (Fsp3) is 0.0476. The zero-order chi connectivity index (χ0) is 18.5. The van der Waals surface area contributed by atoms with E-state index in [9.17, 15) is 10.5 Å². The summed E-state index contributed by atoms with van der Waals surface area (Å²) >= 11 is 12.1. The van der Waals surface area contributed by atoms with Crippen LogP contribution in [0, 0.1) is 37.2 Å². The minimum absolute atomic E-state index is 0. The first-order chi connectivity index (χ1) is 12.5. The standard InChI is InChI=1S/C21H14Cl2N2O.U/c22-17-7-1-4-14(10-17)11-19(21(26)16-6-3-9-25-13-16)20(24)15-5-2-8-18(23)12-15;/h1-10,12-13,21,26H;/q-2;+2. The van der Waals surface area contributed by atoms with Crippen LogP contribution in [0.25, 0.3) is 5.41 Å². The summed E-state index contributed by atoms with van der Waals surface area (Å²) in [5.41, 5.74) is 1.71. The van der Waals surface area contributed by atoms with E-state index in [1.54, 1.807) is 66.9 Å². The number of aromatic nitrogens is 1. The van der Waals surface area contributed by atoms with Gasteiger partial charge in [0.15, 0.2) is 0 Å². The molecule has 0 spiro atoms. The molecule has 1 N–H and O–H groups in total. The average molecular weight is 619 g/mol. The van der Waals surface area contributed by atoms with Crippen LogP contribution in [-0.4, -0.2) is 15.8 Å². The monoisotopic (exact) mass is 618 g/mol. The molecule has 1 atom stereocenters. The summed E-state index contributed by atoms with van der Waals surface area (Å²) in [4.78, 5) is 4.02. The van der Waals surface area contributed by atoms with Crippen LogP contribution in [0.3, 0.4) is 0 Å². The number of benzene rings is 2. The van der Waals surface area contributed by atoms with Crippen molar-refractivity contribution in [2.24, 2.45) is 0 Å². The molecule has 0 bridgehead atoms. The normalized spacial score (nSPS) is 12.2. The molecule has 0 aliphatic carbocycles. The van der Waals surface area contributed by atoms with E-state index in [1.165, 1.54) is 6.20 Å². The maximum Gasteiger partial charge on any atom is 2.00 e. The molecule has 3 nitrogen and oxygen atoms in total. The number of rotatable bonds is 5. The van der Waals surface area contributed by atoms with E-state index in [1.807, 2.05) is 0 Å². The van der Waals surface area contributed by atoms with Gasteiger partial charge in [0, 0.05) is 23.0 Å². The second-order valence-electron chi connectivity index (χ2n) is 5.60. The maximum absolute atomic E-state index is 10.8. The van der Waals surface area contributed by atoms with Gasteiger partial charge in [-0.25, -0.2) is 5.71 Å². The Morgan fingerprint density at radius 3 is 2.33 bits per heavy atom. The minimum atomic E-state index is -1.12. The molecule has 2 aromatic carbocycles. The zero-order valence-electron chi connectivity index (χ0n) is 14.1. The van der Waals surface area contributed by atoms with Gasteiger partial charge in [-0.15, -0.1) is 35.4 Å². The molecular weight excluding hydrogens is 605 g/mol. The Balaban J connectivity index is 0.00000261. The van der Waals surface area contributed by atoms with Gasteiger partial charge in [-0.3, -0.25) is 4.98 Å². The molecule has 6 heteroatoms. The van der Waals surface area contributed by atoms with Crippen molar-refractivity contribution < 1.29 is 36.2 Å². The van der Waals surface area contributed by atoms with Crippen LogP contribution in [0.4, 0.5) is 0 Å². The third kappa shape index (κ3) is 5.78. The Hall–Kier alpha value is -1.41. The van der Waals surface area contributed by atoms with Gasteiger partial charge in [-0.1, -0.05) is 53.0 Å². The SMILES string of the molecule is [N-]=C(C(=[C-]c1cccc(Cl)c1)C(O)c1cccnc1)c1cccc(Cl)c1.[U+2]. The number of aliphatic hydroxyl groups is 1. The number of hydrogen-bond donors (Lipinski definition) is 1. The van der Waals surface area contributed by atoms with Crippen molar-refractivity contribution >= 4 is 28.9 Å². The Morgan fingerprint density at radius 1 is 1.00 bits per heavy atom. The molecule has 0 saturated carbocycles. The van der Waals surface area contributed by atoms with Gasteiger partial charge in [0.1, 0.15) is 0 Å². The van der Waals surface area contributed by atoms with Gasteiger partial charge in [0.25, 0.3) is 0 Å². The molecular formula is C21H14Cl2N2OU. The molecule has 0 aliphatic heterocycles. The van der Waals surface area contributed by atoms with E-state index in [4.69, 9.17) is 23.2 Å². The first-order valence-corrected chi connectivity index (χ1v) is 8.60. The molecule has 1 aromatic heterocycles. The average Bonchev–Trinajstić information content (AvgIpc) is 2.66. The number of hydrogen-bond acceptors (Lipinski definition) is 2. The summed E-state index contributed by atoms with van der Waals surface area (Å²) in [6.07, 6.45) is 5.09. The van der Waals surface area contributed by atoms with Crippen molar-refractivity contribution in [1.82, 2.24) is 4.98 Å². The minimum Gasteiger partial charge on any atom is -0.854 e. The molecule has 132 valence electrons. The van der Waals surface area contributed by atoms with Gasteiger partial charge in [0.2, 0.25) is 0 Å². The van der Waals surface area contributed by atoms with Gasteiger partial charge in [0.05, 0.1) is 6.10 Å². The molecule has 27 heavy (non-hydrogen) atoms. The van der Waals surface area contributed by atoms with Crippen molar-refractivity contribution in [3.05, 3.63) is 117 Å². The third-order valence-electron chi connectivity index (χ3n) is 3.73. The van der Waals surface area contributed by atoms with Crippen molar-refractivity contribution in [3.8, 4) is 0 Å². The molecule has 1 heterocycles. The Labute approximate surface area is 192 Å². The fourth-order valence-electron chi connectivity index (χ4n) is 2.47. The molecule has 0 aliphatic rings. The molecule has 1 unspecified atom stereocenters. The molecule has 0 fully saturated rings. The van der Waals surface area contributed by atoms with Gasteiger partial charge in [-0.2, -0.15) is 0 Å². The number of nitrogens with zero attached hydrogens (tertiary/aromatic N) is 2. The van der Waals surface area contributed by atoms with Crippen molar-refractivity contribution in [3.63, 3.8) is 0 Å². The van der Waals surface area contributed by atoms with Crippen LogP contribution in [0.2, 0.25) is 10.0 Å². The summed E-state index contributed by atoms with van der Waals surface area (Å²) in [5.74, 6) is 0. The van der Waals surface area contributed by atoms with Gasteiger partial charge >= 0.3 is 31.1 Å². The summed E-state index contributed by atoms with van der Waals surface area (Å²) in [5, 5.41) is 22.7. The smallest absolute Gasteiger partial charge is 0.854 e. The van der Waals surface area contributed by atoms with Gasteiger partial charge in [-0.05, 0) is 23.2 Å². The van der Waals surface area contributed by atoms with Crippen LogP contribution >= 0.6 is 23.2 Å². The molecule has 0 radical (unpaired) electrons. The largest absolute Gasteiger partial charge is 2.00 e. The van der Waals surface area contributed by atoms with E-state index in [2.05, 4.69) is 11.1 Å². The zero-order valence-corrected chi connectivity index (χ0v) is 19.8. The van der Waals surface area contributed by atoms with Crippen molar-refractivity contribution in [1.29, 1.82) is 0 Å². The van der Waals surface area contributed by atoms with E-state index in [-0.39, 0.29) is 42.4 Å². The summed E-state index contributed by atoms with van der Waals surface area (Å²) in [6.45, 7) is 0. The van der Waals surface area contributed by atoms with E-state index in [0.717, 1.165) is 0 Å². The second-order valence-corrected chi connectivity index (χ2v) is 6.47. The molecule has 0 amide bonds. The number of pyridine rings is 1. The summed E-state index contributed by atoms with van der Waals surface area (Å²) < 4.78 is 0. The van der Waals surface area contributed by atoms with Crippen LogP contribution in [0.15, 0.2) is 78.6 Å². The van der Waals surface area contributed by atoms with E-state index in [0.29, 0.717) is 26.7 Å². The quantitative estimate of drug-likeness (QED) is 0.313. The topological polar surface area (TPSA) is 55.4 Å². The van der Waals surface area contributed by atoms with Crippen LogP contribution in [0.1, 0.15) is 22.8 Å². The molecule has 0 saturated heterocycles. The molecule has 3 rings (SSSR count). The predicted molar refractivity (Wildman–Crippen MR) is 105 cm³/mol. The van der Waals surface area contributed by atoms with E-state index >= 15 is 0 Å². The number of halogens is 2. The van der Waals surface area contributed by atoms with Crippen LogP contribution in [-0.2, 0) is 0 Å². The summed E-state index contributed by atoms with van der Waals surface area (Å²) in [7, 11) is 0. The van der Waals surface area contributed by atoms with Crippen LogP contribution in [0.5, 0.6) is 0 Å². The second kappa shape index (κ2) is 10.2. The Morgan fingerprint density at radius 2 is 1.70 bits per heavy atom. The first-order valence-electron chi connectivity index (χ1n) is 7.84. The van der Waals surface area contributed by atoms with E-state index < -0.39 is 6.10 Å². The van der Waals surface area contributed by atoms with Crippen molar-refractivity contribution in [2.75, 3.05) is 0 Å². The van der Waals surface area contributed by atoms with Gasteiger partial charge < -0.3 is 10.5 Å². The molecule has 3 aromatic rings. The maximum atomic E-state index is 10.8.